The molecule has 0 saturated heterocycles. The van der Waals surface area contributed by atoms with Crippen LogP contribution in [-0.2, 0) is 4.74 Å². The number of ether oxygens (including phenoxy) is 1. The number of rotatable bonds is 3. The van der Waals surface area contributed by atoms with E-state index in [1.807, 2.05) is 0 Å². The molecule has 1 N–H and O–H groups in total. The summed E-state index contributed by atoms with van der Waals surface area (Å²) in [4.78, 5) is 9.88. The number of nitrogens with zero attached hydrogens (tertiary/aromatic N) is 2. The standard InChI is InChI=1S/C9H9ClN2O4/c1-2-16-9(11-10)6-3-4-8(13)7(5-6)12(14)15/h3-5,13H,2H2,1H3/b11-9+. The van der Waals surface area contributed by atoms with Gasteiger partial charge >= 0.3 is 5.69 Å². The Hall–Kier alpha value is -1.82. The molecule has 0 amide bonds. The van der Waals surface area contributed by atoms with Gasteiger partial charge in [-0.1, -0.05) is 0 Å². The molecule has 0 unspecified atom stereocenters. The van der Waals surface area contributed by atoms with Gasteiger partial charge in [-0.25, -0.2) is 0 Å². The lowest BCUT2D eigenvalue weighted by Gasteiger charge is -2.05. The second-order valence-electron chi connectivity index (χ2n) is 2.78. The first-order valence-electron chi connectivity index (χ1n) is 4.39. The highest BCUT2D eigenvalue weighted by Gasteiger charge is 2.16. The number of benzene rings is 1. The molecule has 0 aliphatic heterocycles. The SMILES string of the molecule is CCO/C(=N/Cl)c1ccc(O)c([N+](=O)[O-])c1. The van der Waals surface area contributed by atoms with Crippen LogP contribution in [-0.4, -0.2) is 22.5 Å². The fraction of sp³-hybridized carbons (Fsp3) is 0.222. The van der Waals surface area contributed by atoms with Gasteiger partial charge in [-0.2, -0.15) is 0 Å². The van der Waals surface area contributed by atoms with Crippen molar-refractivity contribution in [3.63, 3.8) is 0 Å². The number of halogens is 1. The average molecular weight is 245 g/mol. The second-order valence-corrected chi connectivity index (χ2v) is 2.95. The van der Waals surface area contributed by atoms with Gasteiger partial charge in [0, 0.05) is 23.4 Å². The van der Waals surface area contributed by atoms with Crippen LogP contribution in [0, 0.1) is 10.1 Å². The van der Waals surface area contributed by atoms with Crippen molar-refractivity contribution in [3.8, 4) is 5.75 Å². The zero-order chi connectivity index (χ0) is 12.1. The summed E-state index contributed by atoms with van der Waals surface area (Å²) in [6, 6.07) is 3.76. The molecule has 0 spiro atoms. The zero-order valence-corrected chi connectivity index (χ0v) is 9.14. The van der Waals surface area contributed by atoms with Crippen molar-refractivity contribution in [2.24, 2.45) is 4.51 Å². The third-order valence-corrected chi connectivity index (χ3v) is 1.93. The molecule has 6 nitrogen and oxygen atoms in total. The molecule has 0 bridgehead atoms. The van der Waals surface area contributed by atoms with Crippen LogP contribution in [0.15, 0.2) is 22.7 Å². The first-order chi connectivity index (χ1) is 7.60. The molecular weight excluding hydrogens is 236 g/mol. The molecule has 1 aromatic carbocycles. The first-order valence-corrected chi connectivity index (χ1v) is 4.73. The largest absolute Gasteiger partial charge is 0.502 e. The van der Waals surface area contributed by atoms with Crippen molar-refractivity contribution in [3.05, 3.63) is 33.9 Å². The van der Waals surface area contributed by atoms with Crippen molar-refractivity contribution in [1.82, 2.24) is 0 Å². The summed E-state index contributed by atoms with van der Waals surface area (Å²) >= 11 is 5.28. The van der Waals surface area contributed by atoms with Crippen LogP contribution in [0.5, 0.6) is 5.75 Å². The minimum absolute atomic E-state index is 0.0762. The molecule has 0 aliphatic rings. The molecule has 0 heterocycles. The maximum Gasteiger partial charge on any atom is 0.311 e. The summed E-state index contributed by atoms with van der Waals surface area (Å²) in [5.74, 6) is -0.341. The van der Waals surface area contributed by atoms with Gasteiger partial charge in [-0.05, 0) is 19.1 Å². The monoisotopic (exact) mass is 244 g/mol. The van der Waals surface area contributed by atoms with Gasteiger partial charge in [0.1, 0.15) is 0 Å². The number of phenolic OH excluding ortho intramolecular Hbond substituents is 1. The lowest BCUT2D eigenvalue weighted by Crippen LogP contribution is -2.06. The molecular formula is C9H9ClN2O4. The Bertz CT molecular complexity index is 434. The number of hydrogen-bond acceptors (Lipinski definition) is 5. The van der Waals surface area contributed by atoms with Gasteiger partial charge in [0.05, 0.1) is 11.5 Å². The summed E-state index contributed by atoms with van der Waals surface area (Å²) < 4.78 is 8.41. The molecule has 16 heavy (non-hydrogen) atoms. The van der Waals surface area contributed by atoms with Gasteiger partial charge in [0.25, 0.3) is 0 Å². The van der Waals surface area contributed by atoms with E-state index in [0.717, 1.165) is 6.07 Å². The third-order valence-electron chi connectivity index (χ3n) is 1.78. The maximum atomic E-state index is 10.6. The predicted octanol–water partition coefficient (Wildman–Crippen LogP) is 2.24. The van der Waals surface area contributed by atoms with Gasteiger partial charge in [-0.3, -0.25) is 10.1 Å². The fourth-order valence-electron chi connectivity index (χ4n) is 1.10. The fourth-order valence-corrected chi connectivity index (χ4v) is 1.24. The zero-order valence-electron chi connectivity index (χ0n) is 8.38. The summed E-state index contributed by atoms with van der Waals surface area (Å²) in [5.41, 5.74) is -0.0867. The number of hydrogen-bond donors (Lipinski definition) is 1. The van der Waals surface area contributed by atoms with Gasteiger partial charge < -0.3 is 9.84 Å². The van der Waals surface area contributed by atoms with Crippen LogP contribution in [0.2, 0.25) is 0 Å². The second kappa shape index (κ2) is 5.32. The summed E-state index contributed by atoms with van der Waals surface area (Å²) in [6.07, 6.45) is 0. The van der Waals surface area contributed by atoms with Gasteiger partial charge in [-0.15, -0.1) is 4.51 Å². The molecule has 0 aliphatic carbocycles. The van der Waals surface area contributed by atoms with E-state index in [1.54, 1.807) is 6.92 Å². The lowest BCUT2D eigenvalue weighted by molar-refractivity contribution is -0.385. The molecule has 0 saturated carbocycles. The number of phenols is 1. The molecule has 1 rings (SSSR count). The van der Waals surface area contributed by atoms with Crippen molar-refractivity contribution in [2.75, 3.05) is 6.61 Å². The highest BCUT2D eigenvalue weighted by Crippen LogP contribution is 2.26. The number of aromatic hydroxyl groups is 1. The quantitative estimate of drug-likeness (QED) is 0.382. The molecule has 0 aromatic heterocycles. The van der Waals surface area contributed by atoms with Crippen molar-refractivity contribution in [1.29, 1.82) is 0 Å². The smallest absolute Gasteiger partial charge is 0.311 e. The highest BCUT2D eigenvalue weighted by atomic mass is 35.5. The average Bonchev–Trinajstić information content (AvgIpc) is 2.26. The Labute approximate surface area is 96.4 Å². The Kier molecular flexibility index (Phi) is 4.07. The Morgan fingerprint density at radius 3 is 2.88 bits per heavy atom. The molecule has 0 atom stereocenters. The Morgan fingerprint density at radius 2 is 2.38 bits per heavy atom. The molecule has 0 fully saturated rings. The van der Waals surface area contributed by atoms with Crippen LogP contribution >= 0.6 is 11.8 Å². The van der Waals surface area contributed by atoms with Crippen molar-refractivity contribution >= 4 is 23.4 Å². The molecule has 86 valence electrons. The minimum atomic E-state index is -0.698. The van der Waals surface area contributed by atoms with Gasteiger partial charge in [0.15, 0.2) is 5.75 Å². The van der Waals surface area contributed by atoms with Crippen LogP contribution in [0.25, 0.3) is 0 Å². The van der Waals surface area contributed by atoms with Crippen molar-refractivity contribution in [2.45, 2.75) is 6.92 Å². The predicted molar refractivity (Wildman–Crippen MR) is 58.8 cm³/mol. The minimum Gasteiger partial charge on any atom is -0.502 e. The first kappa shape index (κ1) is 12.3. The van der Waals surface area contributed by atoms with Crippen molar-refractivity contribution < 1.29 is 14.8 Å². The summed E-state index contributed by atoms with van der Waals surface area (Å²) in [5, 5.41) is 19.8. The van der Waals surface area contributed by atoms with E-state index in [2.05, 4.69) is 4.51 Å². The maximum absolute atomic E-state index is 10.6. The topological polar surface area (TPSA) is 85.0 Å². The summed E-state index contributed by atoms with van der Waals surface area (Å²) in [7, 11) is 0. The summed E-state index contributed by atoms with van der Waals surface area (Å²) in [6.45, 7) is 2.07. The van der Waals surface area contributed by atoms with E-state index in [4.69, 9.17) is 16.5 Å². The Balaban J connectivity index is 3.16. The lowest BCUT2D eigenvalue weighted by atomic mass is 10.2. The number of nitro groups is 1. The molecule has 1 aromatic rings. The van der Waals surface area contributed by atoms with Gasteiger partial charge in [0.2, 0.25) is 5.90 Å². The van der Waals surface area contributed by atoms with E-state index in [9.17, 15) is 15.2 Å². The van der Waals surface area contributed by atoms with E-state index in [-0.39, 0.29) is 5.90 Å². The number of nitro benzene ring substituents is 1. The van der Waals surface area contributed by atoms with Crippen LogP contribution in [0.4, 0.5) is 5.69 Å². The van der Waals surface area contributed by atoms with E-state index in [1.165, 1.54) is 12.1 Å². The van der Waals surface area contributed by atoms with Crippen LogP contribution in [0.1, 0.15) is 12.5 Å². The van der Waals surface area contributed by atoms with Crippen LogP contribution in [0.3, 0.4) is 0 Å². The third kappa shape index (κ3) is 2.60. The normalized spacial score (nSPS) is 11.2. The van der Waals surface area contributed by atoms with E-state index < -0.39 is 16.4 Å². The molecule has 0 radical (unpaired) electrons. The Morgan fingerprint density at radius 1 is 1.69 bits per heavy atom. The van der Waals surface area contributed by atoms with Crippen LogP contribution < -0.4 is 0 Å². The highest BCUT2D eigenvalue weighted by molar-refractivity contribution is 6.21. The molecule has 7 heteroatoms. The van der Waals surface area contributed by atoms with E-state index in [0.29, 0.717) is 12.2 Å². The van der Waals surface area contributed by atoms with E-state index >= 15 is 0 Å².